The molecule has 2 saturated heterocycles. The lowest BCUT2D eigenvalue weighted by molar-refractivity contribution is 0.158. The number of fused-ring (bicyclic) bond motifs is 1. The van der Waals surface area contributed by atoms with Gasteiger partial charge in [0.05, 0.1) is 11.5 Å². The summed E-state index contributed by atoms with van der Waals surface area (Å²) >= 11 is 1.32. The van der Waals surface area contributed by atoms with E-state index < -0.39 is 10.0 Å². The van der Waals surface area contributed by atoms with Crippen LogP contribution in [-0.4, -0.2) is 55.0 Å². The summed E-state index contributed by atoms with van der Waals surface area (Å²) in [6.45, 7) is 4.64. The third-order valence-electron chi connectivity index (χ3n) is 4.28. The smallest absolute Gasteiger partial charge is 0.244 e. The molecule has 2 fully saturated rings. The van der Waals surface area contributed by atoms with Crippen molar-refractivity contribution in [3.63, 3.8) is 0 Å². The minimum atomic E-state index is -3.47. The number of aliphatic hydroxyl groups is 1. The van der Waals surface area contributed by atoms with Crippen LogP contribution in [0.4, 0.5) is 0 Å². The second-order valence-corrected chi connectivity index (χ2v) is 8.36. The van der Waals surface area contributed by atoms with Crippen LogP contribution in [0.5, 0.6) is 0 Å². The summed E-state index contributed by atoms with van der Waals surface area (Å²) < 4.78 is 27.3. The molecule has 1 unspecified atom stereocenters. The lowest BCUT2D eigenvalue weighted by atomic mass is 10.2. The van der Waals surface area contributed by atoms with Crippen LogP contribution in [0.2, 0.25) is 0 Å². The van der Waals surface area contributed by atoms with E-state index >= 15 is 0 Å². The second kappa shape index (κ2) is 5.38. The minimum absolute atomic E-state index is 0.212. The summed E-state index contributed by atoms with van der Waals surface area (Å²) in [5.41, 5.74) is 0.743. The Morgan fingerprint density at radius 3 is 2.95 bits per heavy atom. The first-order chi connectivity index (χ1) is 9.54. The molecule has 1 aromatic heterocycles. The van der Waals surface area contributed by atoms with Gasteiger partial charge in [-0.3, -0.25) is 4.90 Å². The van der Waals surface area contributed by atoms with Crippen LogP contribution in [0.25, 0.3) is 0 Å². The molecule has 0 saturated carbocycles. The summed E-state index contributed by atoms with van der Waals surface area (Å²) in [6.07, 6.45) is 2.25. The number of aliphatic hydroxyl groups excluding tert-OH is 1. The van der Waals surface area contributed by atoms with Gasteiger partial charge in [-0.2, -0.15) is 4.31 Å². The molecule has 0 amide bonds. The number of thiophene rings is 1. The van der Waals surface area contributed by atoms with Crippen LogP contribution < -0.4 is 0 Å². The molecule has 112 valence electrons. The standard InChI is InChI=1S/C13H20N2O3S2/c1-10-9-19-12(8-16)13(10)20(17,18)15-6-5-14-4-2-3-11(14)7-15/h9,11,16H,2-8H2,1H3. The van der Waals surface area contributed by atoms with Gasteiger partial charge < -0.3 is 5.11 Å². The fraction of sp³-hybridized carbons (Fsp3) is 0.692. The quantitative estimate of drug-likeness (QED) is 0.904. The topological polar surface area (TPSA) is 60.9 Å². The molecule has 0 aromatic carbocycles. The molecule has 1 N–H and O–H groups in total. The number of aryl methyl sites for hydroxylation is 1. The molecule has 2 aliphatic heterocycles. The predicted molar refractivity (Wildman–Crippen MR) is 78.3 cm³/mol. The molecule has 3 rings (SSSR count). The highest BCUT2D eigenvalue weighted by Crippen LogP contribution is 2.32. The van der Waals surface area contributed by atoms with Crippen molar-refractivity contribution in [2.24, 2.45) is 0 Å². The van der Waals surface area contributed by atoms with Crippen LogP contribution in [0.1, 0.15) is 23.3 Å². The van der Waals surface area contributed by atoms with Crippen LogP contribution in [0.15, 0.2) is 10.3 Å². The molecule has 20 heavy (non-hydrogen) atoms. The Kier molecular flexibility index (Phi) is 3.89. The Morgan fingerprint density at radius 2 is 2.20 bits per heavy atom. The minimum Gasteiger partial charge on any atom is -0.391 e. The van der Waals surface area contributed by atoms with Gasteiger partial charge in [-0.05, 0) is 37.3 Å². The van der Waals surface area contributed by atoms with Crippen molar-refractivity contribution in [2.75, 3.05) is 26.2 Å². The van der Waals surface area contributed by atoms with Crippen molar-refractivity contribution in [3.05, 3.63) is 15.8 Å². The van der Waals surface area contributed by atoms with Crippen molar-refractivity contribution < 1.29 is 13.5 Å². The van der Waals surface area contributed by atoms with Gasteiger partial charge in [0, 0.05) is 25.7 Å². The molecule has 2 aliphatic rings. The highest BCUT2D eigenvalue weighted by Gasteiger charge is 2.37. The van der Waals surface area contributed by atoms with Crippen LogP contribution in [0, 0.1) is 6.92 Å². The summed E-state index contributed by atoms with van der Waals surface area (Å²) in [6, 6.07) is 0.370. The SMILES string of the molecule is Cc1csc(CO)c1S(=O)(=O)N1CCN2CCCC2C1. The molecule has 1 atom stereocenters. The largest absolute Gasteiger partial charge is 0.391 e. The lowest BCUT2D eigenvalue weighted by Crippen LogP contribution is -2.52. The third-order valence-corrected chi connectivity index (χ3v) is 7.60. The first-order valence-corrected chi connectivity index (χ1v) is 9.28. The van der Waals surface area contributed by atoms with Gasteiger partial charge in [0.1, 0.15) is 4.90 Å². The molecule has 0 aliphatic carbocycles. The van der Waals surface area contributed by atoms with Crippen molar-refractivity contribution >= 4 is 21.4 Å². The van der Waals surface area contributed by atoms with E-state index in [9.17, 15) is 13.5 Å². The Morgan fingerprint density at radius 1 is 1.40 bits per heavy atom. The van der Waals surface area contributed by atoms with E-state index in [4.69, 9.17) is 0 Å². The number of hydrogen-bond acceptors (Lipinski definition) is 5. The molecule has 3 heterocycles. The van der Waals surface area contributed by atoms with E-state index in [0.717, 1.165) is 31.5 Å². The molecule has 0 radical (unpaired) electrons. The number of piperazine rings is 1. The first-order valence-electron chi connectivity index (χ1n) is 6.96. The van der Waals surface area contributed by atoms with Gasteiger partial charge >= 0.3 is 0 Å². The van der Waals surface area contributed by atoms with Gasteiger partial charge in [0.2, 0.25) is 10.0 Å². The van der Waals surface area contributed by atoms with Crippen molar-refractivity contribution in [1.82, 2.24) is 9.21 Å². The van der Waals surface area contributed by atoms with E-state index in [1.54, 1.807) is 11.2 Å². The molecule has 7 heteroatoms. The van der Waals surface area contributed by atoms with E-state index in [2.05, 4.69) is 4.90 Å². The molecular formula is C13H20N2O3S2. The third kappa shape index (κ3) is 2.31. The molecule has 1 aromatic rings. The maximum absolute atomic E-state index is 12.8. The zero-order valence-corrected chi connectivity index (χ0v) is 13.2. The van der Waals surface area contributed by atoms with E-state index in [0.29, 0.717) is 28.9 Å². The number of sulfonamides is 1. The highest BCUT2D eigenvalue weighted by atomic mass is 32.2. The Bertz CT molecular complexity index is 597. The molecule has 0 spiro atoms. The summed E-state index contributed by atoms with van der Waals surface area (Å²) in [5.74, 6) is 0. The van der Waals surface area contributed by atoms with Crippen molar-refractivity contribution in [1.29, 1.82) is 0 Å². The van der Waals surface area contributed by atoms with Gasteiger partial charge in [0.15, 0.2) is 0 Å². The summed E-state index contributed by atoms with van der Waals surface area (Å²) in [5, 5.41) is 11.2. The average Bonchev–Trinajstić information content (AvgIpc) is 3.03. The van der Waals surface area contributed by atoms with Crippen molar-refractivity contribution in [3.8, 4) is 0 Å². The maximum atomic E-state index is 12.8. The number of rotatable bonds is 3. The van der Waals surface area contributed by atoms with E-state index in [1.165, 1.54) is 11.3 Å². The second-order valence-electron chi connectivity index (χ2n) is 5.52. The van der Waals surface area contributed by atoms with Crippen LogP contribution in [0.3, 0.4) is 0 Å². The monoisotopic (exact) mass is 316 g/mol. The summed E-state index contributed by atoms with van der Waals surface area (Å²) in [4.78, 5) is 3.27. The van der Waals surface area contributed by atoms with Crippen LogP contribution >= 0.6 is 11.3 Å². The van der Waals surface area contributed by atoms with Gasteiger partial charge in [0.25, 0.3) is 0 Å². The van der Waals surface area contributed by atoms with Gasteiger partial charge in [-0.25, -0.2) is 8.42 Å². The lowest BCUT2D eigenvalue weighted by Gasteiger charge is -2.36. The molecule has 0 bridgehead atoms. The molecular weight excluding hydrogens is 296 g/mol. The fourth-order valence-corrected chi connectivity index (χ4v) is 6.33. The van der Waals surface area contributed by atoms with Crippen LogP contribution in [-0.2, 0) is 16.6 Å². The van der Waals surface area contributed by atoms with E-state index in [1.807, 2.05) is 5.38 Å². The van der Waals surface area contributed by atoms with Crippen molar-refractivity contribution in [2.45, 2.75) is 37.3 Å². The summed E-state index contributed by atoms with van der Waals surface area (Å²) in [7, 11) is -3.47. The predicted octanol–water partition coefficient (Wildman–Crippen LogP) is 1.02. The fourth-order valence-electron chi connectivity index (χ4n) is 3.25. The van der Waals surface area contributed by atoms with E-state index in [-0.39, 0.29) is 6.61 Å². The Labute approximate surface area is 123 Å². The first kappa shape index (κ1) is 14.5. The Balaban J connectivity index is 1.90. The normalized spacial score (nSPS) is 25.0. The zero-order valence-electron chi connectivity index (χ0n) is 11.6. The molecule has 5 nitrogen and oxygen atoms in total. The maximum Gasteiger partial charge on any atom is 0.244 e. The Hall–Kier alpha value is -0.470. The van der Waals surface area contributed by atoms with Gasteiger partial charge in [-0.15, -0.1) is 11.3 Å². The van der Waals surface area contributed by atoms with Gasteiger partial charge in [-0.1, -0.05) is 0 Å². The number of nitrogens with zero attached hydrogens (tertiary/aromatic N) is 2. The average molecular weight is 316 g/mol. The zero-order chi connectivity index (χ0) is 14.3. The highest BCUT2D eigenvalue weighted by molar-refractivity contribution is 7.89. The number of hydrogen-bond donors (Lipinski definition) is 1.